The van der Waals surface area contributed by atoms with E-state index in [9.17, 15) is 9.18 Å². The van der Waals surface area contributed by atoms with Gasteiger partial charge in [-0.15, -0.1) is 0 Å². The van der Waals surface area contributed by atoms with Crippen molar-refractivity contribution in [1.82, 2.24) is 15.2 Å². The predicted molar refractivity (Wildman–Crippen MR) is 89.4 cm³/mol. The van der Waals surface area contributed by atoms with Gasteiger partial charge in [-0.1, -0.05) is 6.07 Å². The number of nitrogens with one attached hydrogen (secondary N) is 2. The number of anilines is 2. The lowest BCUT2D eigenvalue weighted by atomic mass is 10.2. The summed E-state index contributed by atoms with van der Waals surface area (Å²) in [6.45, 7) is 1.55. The van der Waals surface area contributed by atoms with Crippen molar-refractivity contribution in [3.05, 3.63) is 54.0 Å². The molecule has 0 radical (unpaired) electrons. The smallest absolute Gasteiger partial charge is 0.252 e. The summed E-state index contributed by atoms with van der Waals surface area (Å²) in [4.78, 5) is 18.2. The van der Waals surface area contributed by atoms with Crippen molar-refractivity contribution >= 4 is 17.4 Å². The summed E-state index contributed by atoms with van der Waals surface area (Å²) >= 11 is 0. The van der Waals surface area contributed by atoms with E-state index in [1.807, 2.05) is 14.1 Å². The monoisotopic (exact) mass is 316 g/mol. The molecule has 0 fully saturated rings. The van der Waals surface area contributed by atoms with E-state index in [2.05, 4.69) is 20.5 Å². The molecule has 5 nitrogen and oxygen atoms in total. The van der Waals surface area contributed by atoms with E-state index in [-0.39, 0.29) is 11.7 Å². The van der Waals surface area contributed by atoms with Crippen molar-refractivity contribution < 1.29 is 9.18 Å². The minimum absolute atomic E-state index is 0.145. The molecular formula is C17H21FN4O. The maximum Gasteiger partial charge on any atom is 0.252 e. The third kappa shape index (κ3) is 5.67. The quantitative estimate of drug-likeness (QED) is 0.771. The molecule has 0 unspecified atom stereocenters. The highest BCUT2D eigenvalue weighted by atomic mass is 19.1. The Labute approximate surface area is 135 Å². The first-order valence-corrected chi connectivity index (χ1v) is 7.46. The second-order valence-corrected chi connectivity index (χ2v) is 5.48. The molecule has 0 saturated heterocycles. The number of carbonyl (C=O) groups excluding carboxylic acids is 1. The van der Waals surface area contributed by atoms with E-state index in [1.54, 1.807) is 24.3 Å². The van der Waals surface area contributed by atoms with E-state index < -0.39 is 0 Å². The van der Waals surface area contributed by atoms with Crippen LogP contribution in [-0.4, -0.2) is 43.0 Å². The van der Waals surface area contributed by atoms with Crippen LogP contribution in [0.1, 0.15) is 16.8 Å². The molecule has 0 aliphatic rings. The lowest BCUT2D eigenvalue weighted by molar-refractivity contribution is 0.0952. The van der Waals surface area contributed by atoms with Crippen LogP contribution in [0.15, 0.2) is 42.6 Å². The first-order valence-electron chi connectivity index (χ1n) is 7.46. The summed E-state index contributed by atoms with van der Waals surface area (Å²) in [5.41, 5.74) is 1.11. The lowest BCUT2D eigenvalue weighted by Gasteiger charge is -2.10. The molecule has 2 N–H and O–H groups in total. The van der Waals surface area contributed by atoms with Crippen molar-refractivity contribution in [2.24, 2.45) is 0 Å². The van der Waals surface area contributed by atoms with Gasteiger partial charge in [0.1, 0.15) is 11.6 Å². The second-order valence-electron chi connectivity index (χ2n) is 5.48. The van der Waals surface area contributed by atoms with Crippen LogP contribution >= 0.6 is 0 Å². The van der Waals surface area contributed by atoms with Crippen molar-refractivity contribution in [2.45, 2.75) is 6.42 Å². The molecule has 23 heavy (non-hydrogen) atoms. The number of hydrogen-bond donors (Lipinski definition) is 2. The fourth-order valence-electron chi connectivity index (χ4n) is 2.02. The van der Waals surface area contributed by atoms with Gasteiger partial charge >= 0.3 is 0 Å². The molecule has 0 aliphatic carbocycles. The largest absolute Gasteiger partial charge is 0.352 e. The van der Waals surface area contributed by atoms with Gasteiger partial charge in [0.2, 0.25) is 0 Å². The van der Waals surface area contributed by atoms with Crippen LogP contribution in [-0.2, 0) is 0 Å². The van der Waals surface area contributed by atoms with Gasteiger partial charge in [-0.25, -0.2) is 9.37 Å². The summed E-state index contributed by atoms with van der Waals surface area (Å²) in [6.07, 6.45) is 2.40. The predicted octanol–water partition coefficient (Wildman–Crippen LogP) is 2.65. The number of halogens is 1. The average molecular weight is 316 g/mol. The van der Waals surface area contributed by atoms with Gasteiger partial charge in [-0.05, 0) is 57.4 Å². The highest BCUT2D eigenvalue weighted by Crippen LogP contribution is 2.15. The number of rotatable bonds is 7. The third-order valence-electron chi connectivity index (χ3n) is 3.19. The zero-order chi connectivity index (χ0) is 16.7. The van der Waals surface area contributed by atoms with Gasteiger partial charge in [0.25, 0.3) is 5.91 Å². The molecule has 1 amide bonds. The molecular weight excluding hydrogens is 295 g/mol. The molecule has 2 aromatic rings. The van der Waals surface area contributed by atoms with Gasteiger partial charge in [-0.2, -0.15) is 0 Å². The van der Waals surface area contributed by atoms with Crippen molar-refractivity contribution in [2.75, 3.05) is 32.5 Å². The van der Waals surface area contributed by atoms with Crippen LogP contribution < -0.4 is 10.6 Å². The molecule has 1 heterocycles. The van der Waals surface area contributed by atoms with E-state index in [0.717, 1.165) is 13.0 Å². The molecule has 2 rings (SSSR count). The molecule has 6 heteroatoms. The molecule has 1 aromatic heterocycles. The third-order valence-corrected chi connectivity index (χ3v) is 3.19. The Balaban J connectivity index is 1.87. The lowest BCUT2D eigenvalue weighted by Crippen LogP contribution is -2.27. The second kappa shape index (κ2) is 8.24. The summed E-state index contributed by atoms with van der Waals surface area (Å²) in [7, 11) is 3.99. The maximum atomic E-state index is 13.1. The summed E-state index contributed by atoms with van der Waals surface area (Å²) in [6, 6.07) is 9.51. The van der Waals surface area contributed by atoms with E-state index in [1.165, 1.54) is 18.3 Å². The minimum atomic E-state index is -0.316. The van der Waals surface area contributed by atoms with Crippen molar-refractivity contribution in [3.8, 4) is 0 Å². The number of amides is 1. The Morgan fingerprint density at radius 1 is 1.26 bits per heavy atom. The van der Waals surface area contributed by atoms with Gasteiger partial charge in [0, 0.05) is 18.4 Å². The Bertz CT molecular complexity index is 643. The van der Waals surface area contributed by atoms with Crippen LogP contribution in [0.3, 0.4) is 0 Å². The molecule has 0 saturated carbocycles. The molecule has 0 atom stereocenters. The fourth-order valence-corrected chi connectivity index (χ4v) is 2.02. The minimum Gasteiger partial charge on any atom is -0.352 e. The van der Waals surface area contributed by atoms with Crippen LogP contribution in [0, 0.1) is 5.82 Å². The van der Waals surface area contributed by atoms with Crippen molar-refractivity contribution in [3.63, 3.8) is 0 Å². The normalized spacial score (nSPS) is 10.6. The Kier molecular flexibility index (Phi) is 6.05. The van der Waals surface area contributed by atoms with E-state index >= 15 is 0 Å². The number of hydrogen-bond acceptors (Lipinski definition) is 4. The zero-order valence-corrected chi connectivity index (χ0v) is 13.3. The highest BCUT2D eigenvalue weighted by molar-refractivity contribution is 5.94. The van der Waals surface area contributed by atoms with Crippen LogP contribution in [0.4, 0.5) is 15.9 Å². The first-order chi connectivity index (χ1) is 11.0. The molecule has 0 aliphatic heterocycles. The standard InChI is InChI=1S/C17H21FN4O/c1-22(2)10-4-9-19-17(23)13-7-8-16(20-12-13)21-15-6-3-5-14(18)11-15/h3,5-8,11-12H,4,9-10H2,1-2H3,(H,19,23)(H,20,21). The van der Waals surface area contributed by atoms with E-state index in [0.29, 0.717) is 23.6 Å². The summed E-state index contributed by atoms with van der Waals surface area (Å²) in [5, 5.41) is 5.84. The van der Waals surface area contributed by atoms with Crippen molar-refractivity contribution in [1.29, 1.82) is 0 Å². The number of pyridine rings is 1. The van der Waals surface area contributed by atoms with E-state index in [4.69, 9.17) is 0 Å². The number of nitrogens with zero attached hydrogens (tertiary/aromatic N) is 2. The number of carbonyl (C=O) groups is 1. The highest BCUT2D eigenvalue weighted by Gasteiger charge is 2.06. The Morgan fingerprint density at radius 3 is 2.74 bits per heavy atom. The number of aromatic nitrogens is 1. The first kappa shape index (κ1) is 16.9. The van der Waals surface area contributed by atoms with Gasteiger partial charge in [-0.3, -0.25) is 4.79 Å². The SMILES string of the molecule is CN(C)CCCNC(=O)c1ccc(Nc2cccc(F)c2)nc1. The maximum absolute atomic E-state index is 13.1. The average Bonchev–Trinajstić information content (AvgIpc) is 2.52. The van der Waals surface area contributed by atoms with Gasteiger partial charge in [0.05, 0.1) is 5.56 Å². The number of benzene rings is 1. The summed E-state index contributed by atoms with van der Waals surface area (Å²) < 4.78 is 13.1. The molecule has 1 aromatic carbocycles. The van der Waals surface area contributed by atoms with Gasteiger partial charge in [0.15, 0.2) is 0 Å². The van der Waals surface area contributed by atoms with Crippen LogP contribution in [0.25, 0.3) is 0 Å². The zero-order valence-electron chi connectivity index (χ0n) is 13.3. The molecule has 0 bridgehead atoms. The summed E-state index contributed by atoms with van der Waals surface area (Å²) in [5.74, 6) is 0.0945. The van der Waals surface area contributed by atoms with Crippen LogP contribution in [0.2, 0.25) is 0 Å². The van der Waals surface area contributed by atoms with Crippen LogP contribution in [0.5, 0.6) is 0 Å². The Hall–Kier alpha value is -2.47. The molecule has 122 valence electrons. The Morgan fingerprint density at radius 2 is 2.09 bits per heavy atom. The molecule has 0 spiro atoms. The fraction of sp³-hybridized carbons (Fsp3) is 0.294. The van der Waals surface area contributed by atoms with Gasteiger partial charge < -0.3 is 15.5 Å². The topological polar surface area (TPSA) is 57.3 Å².